The molecular formula is C16H16N2O2S. The largest absolute Gasteiger partial charge is 0.384 e. The molecule has 0 saturated heterocycles. The van der Waals surface area contributed by atoms with E-state index in [0.29, 0.717) is 12.1 Å². The molecule has 2 N–H and O–H groups in total. The molecule has 1 amide bonds. The average molecular weight is 300 g/mol. The summed E-state index contributed by atoms with van der Waals surface area (Å²) in [6.45, 7) is 2.28. The molecule has 108 valence electrons. The number of aryl methyl sites for hydroxylation is 1. The van der Waals surface area contributed by atoms with E-state index < -0.39 is 0 Å². The van der Waals surface area contributed by atoms with Crippen molar-refractivity contribution in [2.24, 2.45) is 0 Å². The lowest BCUT2D eigenvalue weighted by atomic mass is 10.1. The molecule has 21 heavy (non-hydrogen) atoms. The van der Waals surface area contributed by atoms with Crippen molar-refractivity contribution in [3.8, 4) is 11.8 Å². The fourth-order valence-corrected chi connectivity index (χ4v) is 2.51. The number of aromatic nitrogens is 1. The van der Waals surface area contributed by atoms with E-state index in [1.165, 1.54) is 0 Å². The van der Waals surface area contributed by atoms with Crippen LogP contribution in [0.15, 0.2) is 29.8 Å². The van der Waals surface area contributed by atoms with Crippen molar-refractivity contribution in [1.82, 2.24) is 10.3 Å². The highest BCUT2D eigenvalue weighted by molar-refractivity contribution is 7.09. The van der Waals surface area contributed by atoms with Crippen LogP contribution in [-0.4, -0.2) is 29.1 Å². The molecule has 1 heterocycles. The van der Waals surface area contributed by atoms with E-state index in [0.717, 1.165) is 22.6 Å². The molecule has 2 rings (SSSR count). The predicted molar refractivity (Wildman–Crippen MR) is 83.3 cm³/mol. The van der Waals surface area contributed by atoms with E-state index in [-0.39, 0.29) is 12.5 Å². The summed E-state index contributed by atoms with van der Waals surface area (Å²) in [5.41, 5.74) is 2.27. The maximum absolute atomic E-state index is 12.1. The molecule has 0 atom stereocenters. The van der Waals surface area contributed by atoms with Gasteiger partial charge in [0.25, 0.3) is 5.91 Å². The number of aliphatic hydroxyl groups excluding tert-OH is 1. The number of hydrogen-bond acceptors (Lipinski definition) is 4. The monoisotopic (exact) mass is 300 g/mol. The van der Waals surface area contributed by atoms with Crippen LogP contribution in [0.4, 0.5) is 0 Å². The minimum absolute atomic E-state index is 0.123. The van der Waals surface area contributed by atoms with E-state index in [9.17, 15) is 4.79 Å². The minimum atomic E-state index is -0.191. The number of hydrogen-bond donors (Lipinski definition) is 2. The number of rotatable bonds is 4. The van der Waals surface area contributed by atoms with E-state index in [1.54, 1.807) is 23.6 Å². The summed E-state index contributed by atoms with van der Waals surface area (Å²) >= 11 is 1.58. The van der Waals surface area contributed by atoms with Gasteiger partial charge in [0.1, 0.15) is 6.61 Å². The van der Waals surface area contributed by atoms with E-state index in [1.807, 2.05) is 24.4 Å². The van der Waals surface area contributed by atoms with Gasteiger partial charge in [-0.3, -0.25) is 4.79 Å². The Labute approximate surface area is 127 Å². The van der Waals surface area contributed by atoms with E-state index in [2.05, 4.69) is 22.1 Å². The van der Waals surface area contributed by atoms with Gasteiger partial charge in [-0.15, -0.1) is 11.3 Å². The van der Waals surface area contributed by atoms with Crippen LogP contribution in [0.3, 0.4) is 0 Å². The Balaban J connectivity index is 1.99. The lowest BCUT2D eigenvalue weighted by Crippen LogP contribution is -2.25. The molecule has 4 nitrogen and oxygen atoms in total. The van der Waals surface area contributed by atoms with Gasteiger partial charge in [-0.1, -0.05) is 11.8 Å². The minimum Gasteiger partial charge on any atom is -0.384 e. The van der Waals surface area contributed by atoms with Gasteiger partial charge in [-0.25, -0.2) is 4.98 Å². The van der Waals surface area contributed by atoms with Crippen LogP contribution in [0, 0.1) is 18.8 Å². The normalized spacial score (nSPS) is 9.81. The molecule has 0 spiro atoms. The summed E-state index contributed by atoms with van der Waals surface area (Å²) in [6.07, 6.45) is 2.49. The van der Waals surface area contributed by atoms with E-state index >= 15 is 0 Å². The molecule has 0 aliphatic rings. The van der Waals surface area contributed by atoms with Crippen molar-refractivity contribution in [2.45, 2.75) is 13.3 Å². The van der Waals surface area contributed by atoms with Crippen LogP contribution < -0.4 is 5.32 Å². The van der Waals surface area contributed by atoms with Gasteiger partial charge < -0.3 is 10.4 Å². The number of aliphatic hydroxyl groups is 1. The summed E-state index contributed by atoms with van der Waals surface area (Å²) in [4.78, 5) is 16.3. The number of amides is 1. The standard InChI is InChI=1S/C16H16N2O2S/c1-12-9-13(3-2-7-19)11-14(10-12)16(20)18-5-4-15-17-6-8-21-15/h6,8-11,19H,4-5,7H2,1H3,(H,18,20). The maximum atomic E-state index is 12.1. The van der Waals surface area contributed by atoms with Gasteiger partial charge in [-0.05, 0) is 30.7 Å². The second kappa shape index (κ2) is 7.58. The Morgan fingerprint density at radius 1 is 1.43 bits per heavy atom. The zero-order chi connectivity index (χ0) is 15.1. The topological polar surface area (TPSA) is 62.2 Å². The third-order valence-electron chi connectivity index (χ3n) is 2.76. The fourth-order valence-electron chi connectivity index (χ4n) is 1.89. The van der Waals surface area contributed by atoms with Crippen molar-refractivity contribution < 1.29 is 9.90 Å². The number of carbonyl (C=O) groups is 1. The Hall–Kier alpha value is -2.16. The van der Waals surface area contributed by atoms with Crippen LogP contribution in [0.25, 0.3) is 0 Å². The Kier molecular flexibility index (Phi) is 5.50. The summed E-state index contributed by atoms with van der Waals surface area (Å²) in [6, 6.07) is 5.44. The number of nitrogens with one attached hydrogen (secondary N) is 1. The van der Waals surface area contributed by atoms with Gasteiger partial charge >= 0.3 is 0 Å². The highest BCUT2D eigenvalue weighted by Gasteiger charge is 2.07. The van der Waals surface area contributed by atoms with Crippen LogP contribution in [0.5, 0.6) is 0 Å². The van der Waals surface area contributed by atoms with Crippen LogP contribution in [-0.2, 0) is 6.42 Å². The Morgan fingerprint density at radius 2 is 2.29 bits per heavy atom. The van der Waals surface area contributed by atoms with Gasteiger partial charge in [0.05, 0.1) is 5.01 Å². The molecule has 1 aromatic heterocycles. The average Bonchev–Trinajstić information content (AvgIpc) is 2.97. The van der Waals surface area contributed by atoms with Gasteiger partial charge in [-0.2, -0.15) is 0 Å². The second-order valence-electron chi connectivity index (χ2n) is 4.48. The van der Waals surface area contributed by atoms with Crippen molar-refractivity contribution in [3.63, 3.8) is 0 Å². The van der Waals surface area contributed by atoms with Gasteiger partial charge in [0.2, 0.25) is 0 Å². The number of nitrogens with zero attached hydrogens (tertiary/aromatic N) is 1. The third kappa shape index (κ3) is 4.71. The van der Waals surface area contributed by atoms with Gasteiger partial charge in [0, 0.05) is 35.7 Å². The lowest BCUT2D eigenvalue weighted by Gasteiger charge is -2.06. The fraction of sp³-hybridized carbons (Fsp3) is 0.250. The quantitative estimate of drug-likeness (QED) is 0.846. The summed E-state index contributed by atoms with van der Waals surface area (Å²) in [7, 11) is 0. The zero-order valence-electron chi connectivity index (χ0n) is 11.7. The molecule has 0 unspecified atom stereocenters. The van der Waals surface area contributed by atoms with Crippen molar-refractivity contribution in [3.05, 3.63) is 51.5 Å². The summed E-state index contributed by atoms with van der Waals surface area (Å²) < 4.78 is 0. The highest BCUT2D eigenvalue weighted by atomic mass is 32.1. The molecule has 0 radical (unpaired) electrons. The molecule has 0 saturated carbocycles. The smallest absolute Gasteiger partial charge is 0.251 e. The summed E-state index contributed by atoms with van der Waals surface area (Å²) in [5, 5.41) is 14.5. The molecular weight excluding hydrogens is 284 g/mol. The molecule has 0 bridgehead atoms. The van der Waals surface area contributed by atoms with Crippen molar-refractivity contribution >= 4 is 17.2 Å². The summed E-state index contributed by atoms with van der Waals surface area (Å²) in [5.74, 6) is 5.28. The van der Waals surface area contributed by atoms with Crippen LogP contribution in [0.2, 0.25) is 0 Å². The molecule has 2 aromatic rings. The third-order valence-corrected chi connectivity index (χ3v) is 3.60. The molecule has 0 fully saturated rings. The maximum Gasteiger partial charge on any atom is 0.251 e. The highest BCUT2D eigenvalue weighted by Crippen LogP contribution is 2.09. The Bertz CT molecular complexity index is 669. The number of thiazole rings is 1. The SMILES string of the molecule is Cc1cc(C#CCO)cc(C(=O)NCCc2nccs2)c1. The number of carbonyl (C=O) groups excluding carboxylic acids is 1. The first-order chi connectivity index (χ1) is 10.2. The van der Waals surface area contributed by atoms with Crippen molar-refractivity contribution in [1.29, 1.82) is 0 Å². The first kappa shape index (κ1) is 15.2. The molecule has 1 aromatic carbocycles. The lowest BCUT2D eigenvalue weighted by molar-refractivity contribution is 0.0954. The molecule has 5 heteroatoms. The van der Waals surface area contributed by atoms with E-state index in [4.69, 9.17) is 5.11 Å². The van der Waals surface area contributed by atoms with Crippen molar-refractivity contribution in [2.75, 3.05) is 13.2 Å². The number of benzene rings is 1. The molecule has 0 aliphatic heterocycles. The van der Waals surface area contributed by atoms with Gasteiger partial charge in [0.15, 0.2) is 0 Å². The first-order valence-electron chi connectivity index (χ1n) is 6.57. The predicted octanol–water partition coefficient (Wildman–Crippen LogP) is 1.77. The Morgan fingerprint density at radius 3 is 3.00 bits per heavy atom. The second-order valence-corrected chi connectivity index (χ2v) is 5.46. The van der Waals surface area contributed by atoms with Crippen LogP contribution >= 0.6 is 11.3 Å². The van der Waals surface area contributed by atoms with Crippen LogP contribution in [0.1, 0.15) is 26.5 Å². The zero-order valence-corrected chi connectivity index (χ0v) is 12.5. The first-order valence-corrected chi connectivity index (χ1v) is 7.45. The molecule has 0 aliphatic carbocycles.